The number of carbonyl (C=O) groups excluding carboxylic acids is 1. The summed E-state index contributed by atoms with van der Waals surface area (Å²) in [5.41, 5.74) is 4.07. The molecule has 1 unspecified atom stereocenters. The van der Waals surface area contributed by atoms with Crippen LogP contribution in [0.5, 0.6) is 0 Å². The maximum absolute atomic E-state index is 12.7. The maximum atomic E-state index is 12.7. The van der Waals surface area contributed by atoms with Crippen molar-refractivity contribution in [2.45, 2.75) is 58.9 Å². The van der Waals surface area contributed by atoms with Crippen molar-refractivity contribution in [3.8, 4) is 0 Å². The van der Waals surface area contributed by atoms with Crippen LogP contribution in [0.25, 0.3) is 0 Å². The zero-order chi connectivity index (χ0) is 17.1. The van der Waals surface area contributed by atoms with E-state index in [2.05, 4.69) is 34.6 Å². The Bertz CT molecular complexity index is 717. The normalized spacial score (nSPS) is 16.9. The lowest BCUT2D eigenvalue weighted by Crippen LogP contribution is -2.29. The molecule has 0 radical (unpaired) electrons. The van der Waals surface area contributed by atoms with Crippen molar-refractivity contribution in [1.29, 1.82) is 0 Å². The third-order valence-corrected chi connectivity index (χ3v) is 4.83. The van der Waals surface area contributed by atoms with Gasteiger partial charge in [-0.25, -0.2) is 0 Å². The number of hydrogen-bond acceptors (Lipinski definition) is 4. The Balaban J connectivity index is 1.69. The summed E-state index contributed by atoms with van der Waals surface area (Å²) < 4.78 is 3.80. The molecule has 24 heavy (non-hydrogen) atoms. The van der Waals surface area contributed by atoms with Gasteiger partial charge in [0, 0.05) is 25.9 Å². The van der Waals surface area contributed by atoms with Crippen molar-refractivity contribution in [3.05, 3.63) is 23.3 Å². The van der Waals surface area contributed by atoms with Gasteiger partial charge in [-0.05, 0) is 25.7 Å². The number of aromatic nitrogens is 5. The monoisotopic (exact) mass is 330 g/mol. The van der Waals surface area contributed by atoms with Crippen molar-refractivity contribution in [3.63, 3.8) is 0 Å². The third kappa shape index (κ3) is 3.20. The number of nitrogens with zero attached hydrogens (tertiary/aromatic N) is 5. The fourth-order valence-corrected chi connectivity index (χ4v) is 3.36. The van der Waals surface area contributed by atoms with E-state index in [1.807, 2.05) is 11.7 Å². The molecule has 2 aromatic rings. The SMILES string of the molecule is CCCCn1ncc(NC(=O)C2CCc3nnn(C)c3C2)c1CC. The lowest BCUT2D eigenvalue weighted by molar-refractivity contribution is -0.120. The zero-order valence-electron chi connectivity index (χ0n) is 14.7. The van der Waals surface area contributed by atoms with Gasteiger partial charge < -0.3 is 5.32 Å². The lowest BCUT2D eigenvalue weighted by Gasteiger charge is -2.21. The number of hydrogen-bond donors (Lipinski definition) is 1. The van der Waals surface area contributed by atoms with Gasteiger partial charge in [0.25, 0.3) is 0 Å². The number of anilines is 1. The Morgan fingerprint density at radius 1 is 1.42 bits per heavy atom. The minimum atomic E-state index is -0.0293. The standard InChI is InChI=1S/C17H26N6O/c1-4-6-9-23-15(5-2)14(11-18-23)19-17(24)12-7-8-13-16(10-12)22(3)21-20-13/h11-12H,4-10H2,1-3H3,(H,19,24). The van der Waals surface area contributed by atoms with Crippen molar-refractivity contribution in [2.75, 3.05) is 5.32 Å². The first-order valence-corrected chi connectivity index (χ1v) is 8.87. The van der Waals surface area contributed by atoms with Crippen molar-refractivity contribution in [1.82, 2.24) is 24.8 Å². The fourth-order valence-electron chi connectivity index (χ4n) is 3.36. The largest absolute Gasteiger partial charge is 0.323 e. The number of rotatable bonds is 6. The molecule has 1 amide bonds. The molecular formula is C17H26N6O. The highest BCUT2D eigenvalue weighted by Gasteiger charge is 2.28. The van der Waals surface area contributed by atoms with Gasteiger partial charge in [-0.15, -0.1) is 5.10 Å². The van der Waals surface area contributed by atoms with Crippen LogP contribution in [-0.4, -0.2) is 30.7 Å². The zero-order valence-corrected chi connectivity index (χ0v) is 14.7. The number of amides is 1. The second-order valence-corrected chi connectivity index (χ2v) is 6.47. The number of aryl methyl sites for hydroxylation is 3. The summed E-state index contributed by atoms with van der Waals surface area (Å²) in [6, 6.07) is 0. The summed E-state index contributed by atoms with van der Waals surface area (Å²) in [5, 5.41) is 15.8. The van der Waals surface area contributed by atoms with Gasteiger partial charge in [0.1, 0.15) is 0 Å². The molecule has 0 aromatic carbocycles. The van der Waals surface area contributed by atoms with Crippen LogP contribution >= 0.6 is 0 Å². The molecule has 1 aliphatic carbocycles. The summed E-state index contributed by atoms with van der Waals surface area (Å²) in [5.74, 6) is 0.0463. The van der Waals surface area contributed by atoms with E-state index in [1.165, 1.54) is 0 Å². The summed E-state index contributed by atoms with van der Waals surface area (Å²) in [7, 11) is 1.89. The van der Waals surface area contributed by atoms with E-state index in [0.717, 1.165) is 61.4 Å². The average Bonchev–Trinajstić information content (AvgIpc) is 3.16. The van der Waals surface area contributed by atoms with Crippen LogP contribution in [0.3, 0.4) is 0 Å². The Morgan fingerprint density at radius 3 is 3.00 bits per heavy atom. The van der Waals surface area contributed by atoms with Gasteiger partial charge in [0.2, 0.25) is 5.91 Å². The highest BCUT2D eigenvalue weighted by molar-refractivity contribution is 5.93. The number of fused-ring (bicyclic) bond motifs is 1. The van der Waals surface area contributed by atoms with E-state index in [9.17, 15) is 4.79 Å². The molecule has 0 fully saturated rings. The van der Waals surface area contributed by atoms with E-state index >= 15 is 0 Å². The van der Waals surface area contributed by atoms with Crippen LogP contribution in [0.15, 0.2) is 6.20 Å². The first kappa shape index (κ1) is 16.7. The molecule has 1 atom stereocenters. The van der Waals surface area contributed by atoms with Crippen LogP contribution in [0, 0.1) is 5.92 Å². The Morgan fingerprint density at radius 2 is 2.25 bits per heavy atom. The summed E-state index contributed by atoms with van der Waals surface area (Å²) in [6.07, 6.45) is 7.22. The summed E-state index contributed by atoms with van der Waals surface area (Å²) in [4.78, 5) is 12.7. The van der Waals surface area contributed by atoms with Crippen LogP contribution in [0.2, 0.25) is 0 Å². The van der Waals surface area contributed by atoms with Crippen LogP contribution in [-0.2, 0) is 37.6 Å². The van der Waals surface area contributed by atoms with Crippen LogP contribution in [0.1, 0.15) is 50.2 Å². The molecule has 0 saturated carbocycles. The third-order valence-electron chi connectivity index (χ3n) is 4.83. The molecule has 2 heterocycles. The number of unbranched alkanes of at least 4 members (excludes halogenated alkanes) is 1. The molecule has 7 heteroatoms. The average molecular weight is 330 g/mol. The summed E-state index contributed by atoms with van der Waals surface area (Å²) >= 11 is 0. The van der Waals surface area contributed by atoms with E-state index in [1.54, 1.807) is 10.9 Å². The molecule has 2 aromatic heterocycles. The predicted molar refractivity (Wildman–Crippen MR) is 91.7 cm³/mol. The van der Waals surface area contributed by atoms with Gasteiger partial charge in [-0.2, -0.15) is 5.10 Å². The van der Waals surface area contributed by atoms with Gasteiger partial charge in [-0.1, -0.05) is 25.5 Å². The predicted octanol–water partition coefficient (Wildman–Crippen LogP) is 2.12. The highest BCUT2D eigenvalue weighted by atomic mass is 16.1. The molecule has 0 bridgehead atoms. The van der Waals surface area contributed by atoms with Gasteiger partial charge in [0.15, 0.2) is 0 Å². The minimum Gasteiger partial charge on any atom is -0.323 e. The first-order valence-electron chi connectivity index (χ1n) is 8.87. The van der Waals surface area contributed by atoms with E-state index in [-0.39, 0.29) is 11.8 Å². The lowest BCUT2D eigenvalue weighted by atomic mass is 9.89. The van der Waals surface area contributed by atoms with Crippen LogP contribution in [0.4, 0.5) is 5.69 Å². The van der Waals surface area contributed by atoms with Crippen LogP contribution < -0.4 is 5.32 Å². The van der Waals surface area contributed by atoms with Crippen molar-refractivity contribution < 1.29 is 4.79 Å². The molecule has 0 saturated heterocycles. The quantitative estimate of drug-likeness (QED) is 0.880. The van der Waals surface area contributed by atoms with E-state index in [0.29, 0.717) is 6.42 Å². The summed E-state index contributed by atoms with van der Waals surface area (Å²) in [6.45, 7) is 5.18. The van der Waals surface area contributed by atoms with Crippen molar-refractivity contribution in [2.24, 2.45) is 13.0 Å². The van der Waals surface area contributed by atoms with Gasteiger partial charge >= 0.3 is 0 Å². The molecule has 7 nitrogen and oxygen atoms in total. The molecule has 0 spiro atoms. The second-order valence-electron chi connectivity index (χ2n) is 6.47. The smallest absolute Gasteiger partial charge is 0.227 e. The van der Waals surface area contributed by atoms with Crippen molar-refractivity contribution >= 4 is 11.6 Å². The molecule has 0 aliphatic heterocycles. The Kier molecular flexibility index (Phi) is 4.97. The maximum Gasteiger partial charge on any atom is 0.227 e. The first-order chi connectivity index (χ1) is 11.6. The van der Waals surface area contributed by atoms with Gasteiger partial charge in [-0.3, -0.25) is 14.2 Å². The second kappa shape index (κ2) is 7.15. The fraction of sp³-hybridized carbons (Fsp3) is 0.647. The number of nitrogens with one attached hydrogen (secondary N) is 1. The molecule has 3 rings (SSSR count). The molecule has 1 N–H and O–H groups in total. The van der Waals surface area contributed by atoms with Gasteiger partial charge in [0.05, 0.1) is 29.0 Å². The minimum absolute atomic E-state index is 0.0293. The molecular weight excluding hydrogens is 304 g/mol. The Hall–Kier alpha value is -2.18. The topological polar surface area (TPSA) is 77.6 Å². The molecule has 130 valence electrons. The highest BCUT2D eigenvalue weighted by Crippen LogP contribution is 2.25. The number of carbonyl (C=O) groups is 1. The molecule has 1 aliphatic rings. The Labute approximate surface area is 142 Å². The van der Waals surface area contributed by atoms with E-state index < -0.39 is 0 Å². The van der Waals surface area contributed by atoms with E-state index in [4.69, 9.17) is 0 Å².